The number of nitrogens with zero attached hydrogens (tertiary/aromatic N) is 1. The summed E-state index contributed by atoms with van der Waals surface area (Å²) >= 11 is 1.48. The number of carbonyl (C=O) groups excluding carboxylic acids is 3. The molecule has 1 aromatic carbocycles. The Labute approximate surface area is 203 Å². The maximum Gasteiger partial charge on any atom is 0.258 e. The van der Waals surface area contributed by atoms with Crippen molar-refractivity contribution in [1.82, 2.24) is 4.98 Å². The molecule has 7 nitrogen and oxygen atoms in total. The van der Waals surface area contributed by atoms with E-state index in [0.29, 0.717) is 33.9 Å². The number of rotatable bonds is 7. The van der Waals surface area contributed by atoms with Gasteiger partial charge in [0.1, 0.15) is 5.00 Å². The Balaban J connectivity index is 1.51. The smallest absolute Gasteiger partial charge is 0.258 e. The van der Waals surface area contributed by atoms with Crippen LogP contribution in [0.1, 0.15) is 64.3 Å². The lowest BCUT2D eigenvalue weighted by molar-refractivity contribution is -0.116. The van der Waals surface area contributed by atoms with Crippen LogP contribution in [0.3, 0.4) is 0 Å². The summed E-state index contributed by atoms with van der Waals surface area (Å²) in [5, 5.41) is 9.31. The van der Waals surface area contributed by atoms with E-state index in [1.165, 1.54) is 17.5 Å². The minimum absolute atomic E-state index is 0.0364. The van der Waals surface area contributed by atoms with Crippen LogP contribution in [0, 0.1) is 5.92 Å². The Morgan fingerprint density at radius 1 is 0.941 bits per heavy atom. The standard InChI is InChI=1S/C26H28N4O3S/c1-16(2)14-22(31)28-18-9-11-19(12-10-18)29-25(33)23-20-7-3-4-8-21(20)34-26(23)30-24(32)17-6-5-13-27-15-17/h5-6,9-13,15-16H,3-4,7-8,14H2,1-2H3,(H,28,31)(H,29,33)(H,30,32). The molecule has 2 aromatic heterocycles. The van der Waals surface area contributed by atoms with E-state index in [4.69, 9.17) is 0 Å². The summed E-state index contributed by atoms with van der Waals surface area (Å²) in [6.07, 6.45) is 7.39. The predicted molar refractivity (Wildman–Crippen MR) is 136 cm³/mol. The van der Waals surface area contributed by atoms with Crippen molar-refractivity contribution in [2.75, 3.05) is 16.0 Å². The first kappa shape index (κ1) is 23.6. The molecule has 0 saturated heterocycles. The maximum absolute atomic E-state index is 13.3. The van der Waals surface area contributed by atoms with Gasteiger partial charge in [-0.05, 0) is 73.6 Å². The summed E-state index contributed by atoms with van der Waals surface area (Å²) in [5.41, 5.74) is 3.29. The number of carbonyl (C=O) groups is 3. The van der Waals surface area contributed by atoms with Crippen molar-refractivity contribution in [2.45, 2.75) is 46.0 Å². The Morgan fingerprint density at radius 2 is 1.65 bits per heavy atom. The van der Waals surface area contributed by atoms with E-state index in [1.807, 2.05) is 13.8 Å². The molecule has 3 N–H and O–H groups in total. The van der Waals surface area contributed by atoms with Gasteiger partial charge in [0.2, 0.25) is 5.91 Å². The highest BCUT2D eigenvalue weighted by molar-refractivity contribution is 7.17. The summed E-state index contributed by atoms with van der Waals surface area (Å²) in [7, 11) is 0. The summed E-state index contributed by atoms with van der Waals surface area (Å²) in [5.74, 6) is -0.298. The number of pyridine rings is 1. The molecule has 0 bridgehead atoms. The third kappa shape index (κ3) is 5.69. The molecule has 3 amide bonds. The second kappa shape index (κ2) is 10.6. The topological polar surface area (TPSA) is 100 Å². The van der Waals surface area contributed by atoms with E-state index >= 15 is 0 Å². The Kier molecular flexibility index (Phi) is 7.37. The van der Waals surface area contributed by atoms with Crippen molar-refractivity contribution in [3.8, 4) is 0 Å². The first-order valence-corrected chi connectivity index (χ1v) is 12.3. The van der Waals surface area contributed by atoms with Crippen molar-refractivity contribution in [2.24, 2.45) is 5.92 Å². The molecule has 3 aromatic rings. The summed E-state index contributed by atoms with van der Waals surface area (Å²) in [6, 6.07) is 10.4. The van der Waals surface area contributed by atoms with E-state index in [9.17, 15) is 14.4 Å². The Morgan fingerprint density at radius 3 is 2.32 bits per heavy atom. The van der Waals surface area contributed by atoms with Crippen molar-refractivity contribution >= 4 is 45.4 Å². The maximum atomic E-state index is 13.3. The number of aryl methyl sites for hydroxylation is 1. The Bertz CT molecular complexity index is 1190. The molecular weight excluding hydrogens is 448 g/mol. The number of anilines is 3. The van der Waals surface area contributed by atoms with Gasteiger partial charge in [0.15, 0.2) is 0 Å². The molecule has 34 heavy (non-hydrogen) atoms. The number of thiophene rings is 1. The fourth-order valence-electron chi connectivity index (χ4n) is 3.98. The number of nitrogens with one attached hydrogen (secondary N) is 3. The molecule has 1 aliphatic rings. The van der Waals surface area contributed by atoms with Crippen molar-refractivity contribution in [1.29, 1.82) is 0 Å². The Hall–Kier alpha value is -3.52. The van der Waals surface area contributed by atoms with Crippen LogP contribution in [0.2, 0.25) is 0 Å². The average molecular weight is 477 g/mol. The van der Waals surface area contributed by atoms with Crippen LogP contribution in [0.5, 0.6) is 0 Å². The van der Waals surface area contributed by atoms with Gasteiger partial charge < -0.3 is 16.0 Å². The fraction of sp³-hybridized carbons (Fsp3) is 0.308. The van der Waals surface area contributed by atoms with Gasteiger partial charge in [-0.15, -0.1) is 11.3 Å². The monoisotopic (exact) mass is 476 g/mol. The van der Waals surface area contributed by atoms with Crippen LogP contribution in [-0.4, -0.2) is 22.7 Å². The zero-order chi connectivity index (χ0) is 24.1. The molecule has 0 atom stereocenters. The third-order valence-electron chi connectivity index (χ3n) is 5.57. The zero-order valence-corrected chi connectivity index (χ0v) is 20.1. The fourth-order valence-corrected chi connectivity index (χ4v) is 5.26. The van der Waals surface area contributed by atoms with Crippen LogP contribution in [-0.2, 0) is 17.6 Å². The summed E-state index contributed by atoms with van der Waals surface area (Å²) in [4.78, 5) is 43.2. The number of amides is 3. The first-order valence-electron chi connectivity index (χ1n) is 11.5. The molecule has 0 aliphatic heterocycles. The van der Waals surface area contributed by atoms with Gasteiger partial charge in [-0.1, -0.05) is 13.8 Å². The largest absolute Gasteiger partial charge is 0.326 e. The SMILES string of the molecule is CC(C)CC(=O)Nc1ccc(NC(=O)c2c(NC(=O)c3cccnc3)sc3c2CCCC3)cc1. The van der Waals surface area contributed by atoms with E-state index < -0.39 is 0 Å². The zero-order valence-electron chi connectivity index (χ0n) is 19.3. The number of fused-ring (bicyclic) bond motifs is 1. The van der Waals surface area contributed by atoms with Crippen LogP contribution < -0.4 is 16.0 Å². The highest BCUT2D eigenvalue weighted by Crippen LogP contribution is 2.38. The average Bonchev–Trinajstić information content (AvgIpc) is 3.18. The lowest BCUT2D eigenvalue weighted by Gasteiger charge is -2.14. The molecule has 2 heterocycles. The number of hydrogen-bond acceptors (Lipinski definition) is 5. The van der Waals surface area contributed by atoms with E-state index in [2.05, 4.69) is 20.9 Å². The van der Waals surface area contributed by atoms with Gasteiger partial charge in [0.05, 0.1) is 11.1 Å². The molecule has 0 unspecified atom stereocenters. The molecule has 0 radical (unpaired) electrons. The molecule has 176 valence electrons. The highest BCUT2D eigenvalue weighted by atomic mass is 32.1. The first-order chi connectivity index (χ1) is 16.4. The molecule has 4 rings (SSSR count). The van der Waals surface area contributed by atoms with Gasteiger partial charge in [-0.3, -0.25) is 19.4 Å². The van der Waals surface area contributed by atoms with Crippen molar-refractivity contribution in [3.63, 3.8) is 0 Å². The van der Waals surface area contributed by atoms with Crippen molar-refractivity contribution < 1.29 is 14.4 Å². The lowest BCUT2D eigenvalue weighted by atomic mass is 9.95. The van der Waals surface area contributed by atoms with Crippen molar-refractivity contribution in [3.05, 3.63) is 70.4 Å². The second-order valence-corrected chi connectivity index (χ2v) is 9.89. The number of aromatic nitrogens is 1. The van der Waals surface area contributed by atoms with Gasteiger partial charge in [-0.2, -0.15) is 0 Å². The van der Waals surface area contributed by atoms with Crippen LogP contribution in [0.15, 0.2) is 48.8 Å². The van der Waals surface area contributed by atoms with Gasteiger partial charge in [0.25, 0.3) is 11.8 Å². The molecular formula is C26H28N4O3S. The van der Waals surface area contributed by atoms with Crippen LogP contribution in [0.25, 0.3) is 0 Å². The molecule has 0 saturated carbocycles. The van der Waals surface area contributed by atoms with Gasteiger partial charge in [-0.25, -0.2) is 0 Å². The lowest BCUT2D eigenvalue weighted by Crippen LogP contribution is -2.19. The molecule has 0 fully saturated rings. The number of hydrogen-bond donors (Lipinski definition) is 3. The molecule has 8 heteroatoms. The quantitative estimate of drug-likeness (QED) is 0.418. The van der Waals surface area contributed by atoms with Gasteiger partial charge >= 0.3 is 0 Å². The summed E-state index contributed by atoms with van der Waals surface area (Å²) < 4.78 is 0. The van der Waals surface area contributed by atoms with E-state index in [0.717, 1.165) is 36.1 Å². The third-order valence-corrected chi connectivity index (χ3v) is 6.78. The molecule has 0 spiro atoms. The van der Waals surface area contributed by atoms with Gasteiger partial charge in [0, 0.05) is 35.1 Å². The van der Waals surface area contributed by atoms with Crippen LogP contribution >= 0.6 is 11.3 Å². The minimum atomic E-state index is -0.290. The second-order valence-electron chi connectivity index (χ2n) is 8.79. The molecule has 1 aliphatic carbocycles. The van der Waals surface area contributed by atoms with E-state index in [1.54, 1.807) is 42.6 Å². The van der Waals surface area contributed by atoms with Crippen LogP contribution in [0.4, 0.5) is 16.4 Å². The summed E-state index contributed by atoms with van der Waals surface area (Å²) in [6.45, 7) is 3.99. The minimum Gasteiger partial charge on any atom is -0.326 e. The highest BCUT2D eigenvalue weighted by Gasteiger charge is 2.26. The van der Waals surface area contributed by atoms with E-state index in [-0.39, 0.29) is 23.6 Å². The predicted octanol–water partition coefficient (Wildman–Crippen LogP) is 5.51. The number of benzene rings is 1. The normalized spacial score (nSPS) is 12.7.